The van der Waals surface area contributed by atoms with Gasteiger partial charge in [0.1, 0.15) is 30.3 Å². The number of carbonyl (C=O) groups is 1. The van der Waals surface area contributed by atoms with E-state index in [1.54, 1.807) is 45.8 Å². The molecule has 19 nitrogen and oxygen atoms in total. The molecule has 1 aromatic rings. The maximum Gasteiger partial charge on any atom is 0.469 e. The molecule has 8 N–H and O–H groups in total. The van der Waals surface area contributed by atoms with Crippen LogP contribution in [0.25, 0.3) is 6.08 Å². The summed E-state index contributed by atoms with van der Waals surface area (Å²) in [5, 5.41) is 67.1. The predicted molar refractivity (Wildman–Crippen MR) is 262 cm³/mol. The average molecular weight is 1010 g/mol. The molecule has 0 saturated carbocycles. The first-order valence-electron chi connectivity index (χ1n) is 23.8. The summed E-state index contributed by atoms with van der Waals surface area (Å²) in [5.74, 6) is -3.63. The van der Waals surface area contributed by atoms with Crippen LogP contribution in [-0.4, -0.2) is 159 Å². The van der Waals surface area contributed by atoms with E-state index >= 15 is 0 Å². The minimum absolute atomic E-state index is 0.0645. The van der Waals surface area contributed by atoms with Gasteiger partial charge in [-0.1, -0.05) is 77.5 Å². The molecule has 0 radical (unpaired) electrons. The van der Waals surface area contributed by atoms with E-state index in [0.717, 1.165) is 16.7 Å². The third-order valence-corrected chi connectivity index (χ3v) is 14.5. The highest BCUT2D eigenvalue weighted by atomic mass is 31.2. The first-order chi connectivity index (χ1) is 32.6. The summed E-state index contributed by atoms with van der Waals surface area (Å²) in [6.07, 6.45) is 4.10. The number of aliphatic hydroxyl groups is 5. The van der Waals surface area contributed by atoms with E-state index in [0.29, 0.717) is 18.0 Å². The molecular weight excluding hydrogens is 928 g/mol. The van der Waals surface area contributed by atoms with Gasteiger partial charge in [-0.15, -0.1) is 0 Å². The molecule has 1 spiro atoms. The van der Waals surface area contributed by atoms with E-state index in [4.69, 9.17) is 33.2 Å². The van der Waals surface area contributed by atoms with Crippen LogP contribution in [0.2, 0.25) is 0 Å². The number of hydrogen-bond acceptors (Lipinski definition) is 16. The van der Waals surface area contributed by atoms with Crippen molar-refractivity contribution in [3.8, 4) is 6.07 Å². The van der Waals surface area contributed by atoms with Gasteiger partial charge in [-0.2, -0.15) is 5.26 Å². The maximum absolute atomic E-state index is 12.6. The van der Waals surface area contributed by atoms with Crippen LogP contribution in [0.15, 0.2) is 63.9 Å². The summed E-state index contributed by atoms with van der Waals surface area (Å²) in [6, 6.07) is 1.40. The highest BCUT2D eigenvalue weighted by Crippen LogP contribution is 2.59. The molecule has 2 aliphatic heterocycles. The Morgan fingerprint density at radius 2 is 1.76 bits per heavy atom. The Bertz CT molecular complexity index is 2080. The number of hydrogen-bond donors (Lipinski definition) is 8. The van der Waals surface area contributed by atoms with Gasteiger partial charge in [-0.3, -0.25) is 9.32 Å². The number of phosphoric ester groups is 1. The van der Waals surface area contributed by atoms with Crippen molar-refractivity contribution in [2.45, 2.75) is 161 Å². The van der Waals surface area contributed by atoms with Gasteiger partial charge < -0.3 is 68.9 Å². The number of nitriles is 1. The van der Waals surface area contributed by atoms with Crippen molar-refractivity contribution in [1.29, 1.82) is 5.26 Å². The number of aliphatic hydroxyl groups excluding tert-OH is 5. The average Bonchev–Trinajstić information content (AvgIpc) is 3.84. The second-order valence-electron chi connectivity index (χ2n) is 19.9. The molecule has 396 valence electrons. The van der Waals surface area contributed by atoms with Gasteiger partial charge >= 0.3 is 7.82 Å². The number of amides is 1. The molecule has 1 amide bonds. The fourth-order valence-corrected chi connectivity index (χ4v) is 9.64. The van der Waals surface area contributed by atoms with Gasteiger partial charge in [0.25, 0.3) is 5.91 Å². The number of rotatable bonds is 26. The Balaban J connectivity index is 1.74. The number of nitrogens with zero attached hydrogens (tertiary/aromatic N) is 3. The summed E-state index contributed by atoms with van der Waals surface area (Å²) in [7, 11) is 1.12. The molecule has 20 heteroatoms. The third-order valence-electron chi connectivity index (χ3n) is 14.0. The summed E-state index contributed by atoms with van der Waals surface area (Å²) >= 11 is 0. The van der Waals surface area contributed by atoms with Crippen LogP contribution in [0.5, 0.6) is 0 Å². The first kappa shape index (κ1) is 60.9. The van der Waals surface area contributed by atoms with Crippen LogP contribution in [0.4, 0.5) is 0 Å². The smallest absolute Gasteiger partial charge is 0.448 e. The lowest BCUT2D eigenvalue weighted by atomic mass is 9.72. The Labute approximate surface area is 414 Å². The third kappa shape index (κ3) is 16.3. The largest absolute Gasteiger partial charge is 0.469 e. The molecule has 3 heterocycles. The van der Waals surface area contributed by atoms with Gasteiger partial charge in [0.05, 0.1) is 49.2 Å². The number of oxazole rings is 1. The van der Waals surface area contributed by atoms with Crippen molar-refractivity contribution in [2.75, 3.05) is 41.5 Å². The van der Waals surface area contributed by atoms with E-state index in [2.05, 4.69) is 10.3 Å². The Morgan fingerprint density at radius 3 is 2.36 bits per heavy atom. The number of carbonyl (C=O) groups excluding carboxylic acids is 1. The molecular formula is C50H81N4O15P. The maximum atomic E-state index is 12.6. The van der Waals surface area contributed by atoms with Gasteiger partial charge in [0.2, 0.25) is 0 Å². The summed E-state index contributed by atoms with van der Waals surface area (Å²) in [6.45, 7) is 16.6. The molecule has 2 aliphatic rings. The van der Waals surface area contributed by atoms with E-state index < -0.39 is 97.7 Å². The quantitative estimate of drug-likeness (QED) is 0.0355. The second-order valence-corrected chi connectivity index (χ2v) is 21.1. The fraction of sp³-hybridized carbons (Fsp3) is 0.700. The number of nitrogens with one attached hydrogen (secondary N) is 1. The Hall–Kier alpha value is -3.42. The monoisotopic (exact) mass is 1010 g/mol. The first-order valence-corrected chi connectivity index (χ1v) is 25.4. The number of allylic oxidation sites excluding steroid dienone is 7. The van der Waals surface area contributed by atoms with Crippen LogP contribution in [0.1, 0.15) is 105 Å². The minimum atomic E-state index is -5.15. The lowest BCUT2D eigenvalue weighted by molar-refractivity contribution is -0.334. The molecule has 0 aromatic carbocycles. The van der Waals surface area contributed by atoms with Crippen LogP contribution >= 0.6 is 7.82 Å². The molecule has 2 unspecified atom stereocenters. The van der Waals surface area contributed by atoms with Crippen molar-refractivity contribution < 1.29 is 72.6 Å². The number of likely N-dealkylation sites (N-methyl/N-ethyl adjacent to an activating group) is 1. The van der Waals surface area contributed by atoms with Gasteiger partial charge in [0, 0.05) is 68.8 Å². The van der Waals surface area contributed by atoms with Crippen LogP contribution in [0, 0.1) is 34.5 Å². The zero-order valence-electron chi connectivity index (χ0n) is 43.1. The molecule has 15 atom stereocenters. The van der Waals surface area contributed by atoms with Crippen LogP contribution in [0.3, 0.4) is 0 Å². The molecule has 70 heavy (non-hydrogen) atoms. The zero-order valence-corrected chi connectivity index (χ0v) is 44.0. The van der Waals surface area contributed by atoms with E-state index in [1.165, 1.54) is 26.6 Å². The SMILES string of the molecule is COC[C@H]([C@@H](O)[C@@H](O)C(=O)NCC[C@@H](C)c1nc(/C=C/C[C@H]2OC3(C[C@H](O)[C@H]2C)OC([C@@H](C[C@@H](O)[C@@H](C)[C@@H](O)[C@@H](C)/C=C(C)/C(C)=C/C=C/C(C)=C/C#N)OC)[C@@H](OP(=O)(O)O)C3(C)C)co1)N(C)C. The van der Waals surface area contributed by atoms with E-state index in [1.807, 2.05) is 78.0 Å². The predicted octanol–water partition coefficient (Wildman–Crippen LogP) is 4.69. The van der Waals surface area contributed by atoms with E-state index in [-0.39, 0.29) is 44.2 Å². The van der Waals surface area contributed by atoms with Gasteiger partial charge in [-0.25, -0.2) is 9.55 Å². The normalized spacial score (nSPS) is 27.6. The van der Waals surface area contributed by atoms with Crippen molar-refractivity contribution in [3.05, 3.63) is 71.0 Å². The second kappa shape index (κ2) is 27.0. The lowest BCUT2D eigenvalue weighted by Crippen LogP contribution is -2.58. The fourth-order valence-electron chi connectivity index (χ4n) is 8.96. The van der Waals surface area contributed by atoms with Gasteiger partial charge in [-0.05, 0) is 64.9 Å². The lowest BCUT2D eigenvalue weighted by Gasteiger charge is -2.50. The molecule has 0 bridgehead atoms. The van der Waals surface area contributed by atoms with Crippen molar-refractivity contribution in [3.63, 3.8) is 0 Å². The summed E-state index contributed by atoms with van der Waals surface area (Å²) in [4.78, 5) is 39.2. The van der Waals surface area contributed by atoms with E-state index in [9.17, 15) is 44.7 Å². The number of aromatic nitrogens is 1. The number of ether oxygens (including phenoxy) is 4. The highest BCUT2D eigenvalue weighted by molar-refractivity contribution is 7.46. The number of methoxy groups -OCH3 is 2. The highest BCUT2D eigenvalue weighted by Gasteiger charge is 2.68. The van der Waals surface area contributed by atoms with Crippen molar-refractivity contribution >= 4 is 19.8 Å². The van der Waals surface area contributed by atoms with Crippen molar-refractivity contribution in [1.82, 2.24) is 15.2 Å². The summed E-state index contributed by atoms with van der Waals surface area (Å²) < 4.78 is 48.2. The molecule has 0 aliphatic carbocycles. The Kier molecular flexibility index (Phi) is 23.5. The molecule has 2 saturated heterocycles. The van der Waals surface area contributed by atoms with Crippen LogP contribution < -0.4 is 5.32 Å². The number of phosphoric acid groups is 1. The topological polar surface area (TPSA) is 287 Å². The Morgan fingerprint density at radius 1 is 1.09 bits per heavy atom. The van der Waals surface area contributed by atoms with Crippen LogP contribution in [-0.2, 0) is 32.8 Å². The molecule has 2 fully saturated rings. The molecule has 3 rings (SSSR count). The minimum Gasteiger partial charge on any atom is -0.448 e. The van der Waals surface area contributed by atoms with Crippen molar-refractivity contribution in [2.24, 2.45) is 23.2 Å². The molecule has 1 aromatic heterocycles. The van der Waals surface area contributed by atoms with Gasteiger partial charge in [0.15, 0.2) is 17.8 Å². The summed E-state index contributed by atoms with van der Waals surface area (Å²) in [5.41, 5.74) is 1.87. The zero-order chi connectivity index (χ0) is 52.9. The standard InChI is InChI=1S/C50H81N4O15P/c1-29(20-22-51)16-14-17-30(2)32(4)24-33(5)42(57)35(7)38(55)25-41(65-13)45-46(69-70(61,62)63)49(8,9)50(68-45)26-39(56)34(6)40(67-50)19-15-18-36-27-66-48(53-36)31(3)21-23-52-47(60)44(59)43(58)37(28-64-12)54(10)11/h14-18,20,24,27,31,33-35,37-46,55-59H,19,21,23,25-26,28H2,1-13H3,(H,52,60)(H2,61,62,63)/b16-14+,18-15+,29-20+,30-17+,32-24+/t31-,33+,34-,35-,37-,38-,39+,40-,41-,42+,43-,44-,45?,46-,50?/m1/s1.